The minimum Gasteiger partial charge on any atom is -0.476 e. The predicted octanol–water partition coefficient (Wildman–Crippen LogP) is 3.77. The van der Waals surface area contributed by atoms with Gasteiger partial charge in [0.2, 0.25) is 0 Å². The van der Waals surface area contributed by atoms with E-state index in [1.54, 1.807) is 24.3 Å². The molecule has 1 atom stereocenters. The van der Waals surface area contributed by atoms with Gasteiger partial charge in [0.15, 0.2) is 6.10 Å². The van der Waals surface area contributed by atoms with Crippen molar-refractivity contribution in [2.24, 2.45) is 0 Å². The number of carbonyl (C=O) groups excluding carboxylic acids is 1. The Balaban J connectivity index is 1.36. The van der Waals surface area contributed by atoms with E-state index in [4.69, 9.17) is 21.1 Å². The molecule has 0 radical (unpaired) electrons. The second-order valence-corrected chi connectivity index (χ2v) is 10.5. The zero-order valence-electron chi connectivity index (χ0n) is 18.8. The number of hydrogen-bond acceptors (Lipinski definition) is 6. The maximum atomic E-state index is 13.5. The lowest BCUT2D eigenvalue weighted by molar-refractivity contribution is -0.122. The number of amides is 1. The van der Waals surface area contributed by atoms with Crippen LogP contribution in [0.15, 0.2) is 77.7 Å². The second-order valence-electron chi connectivity index (χ2n) is 8.20. The van der Waals surface area contributed by atoms with Gasteiger partial charge in [0.1, 0.15) is 5.75 Å². The summed E-state index contributed by atoms with van der Waals surface area (Å²) in [5.74, 6) is -0.117. The highest BCUT2D eigenvalue weighted by atomic mass is 35.5. The Morgan fingerprint density at radius 3 is 2.34 bits per heavy atom. The molecule has 3 aromatic carbocycles. The zero-order chi connectivity index (χ0) is 24.4. The maximum absolute atomic E-state index is 13.5. The number of morpholine rings is 1. The molecule has 0 bridgehead atoms. The number of nitrogens with one attached hydrogen (secondary N) is 1. The summed E-state index contributed by atoms with van der Waals surface area (Å²) in [7, 11) is -3.95. The third-order valence-corrected chi connectivity index (χ3v) is 7.99. The van der Waals surface area contributed by atoms with E-state index >= 15 is 0 Å². The molecule has 10 heteroatoms. The molecule has 8 nitrogen and oxygen atoms in total. The lowest BCUT2D eigenvalue weighted by Crippen LogP contribution is -2.48. The van der Waals surface area contributed by atoms with Crippen LogP contribution in [-0.4, -0.2) is 53.3 Å². The molecule has 0 saturated carbocycles. The van der Waals surface area contributed by atoms with Crippen LogP contribution in [0, 0.1) is 0 Å². The summed E-state index contributed by atoms with van der Waals surface area (Å²) in [5.41, 5.74) is 2.03. The van der Waals surface area contributed by atoms with Crippen LogP contribution in [0.1, 0.15) is 0 Å². The molecule has 0 aliphatic carbocycles. The van der Waals surface area contributed by atoms with Crippen LogP contribution in [0.5, 0.6) is 5.75 Å². The van der Waals surface area contributed by atoms with Crippen molar-refractivity contribution in [1.29, 1.82) is 0 Å². The van der Waals surface area contributed by atoms with Crippen molar-refractivity contribution in [3.05, 3.63) is 77.8 Å². The maximum Gasteiger partial charge on any atom is 0.267 e. The molecule has 2 heterocycles. The third kappa shape index (κ3) is 4.93. The standard InChI is InChI=1S/C25H24ClN3O5S/c26-18-5-11-21(12-6-18)35(31,32)29-17-24(34-23-4-2-1-3-22(23)29)25(30)27-19-7-9-20(10-8-19)28-13-15-33-16-14-28/h1-12,24H,13-17H2,(H,27,30)/t24-/m0/s1. The van der Waals surface area contributed by atoms with E-state index in [1.807, 2.05) is 24.3 Å². The Bertz CT molecular complexity index is 1310. The molecule has 0 unspecified atom stereocenters. The number of fused-ring (bicyclic) bond motifs is 1. The van der Waals surface area contributed by atoms with Gasteiger partial charge in [-0.3, -0.25) is 9.10 Å². The zero-order valence-corrected chi connectivity index (χ0v) is 20.3. The molecule has 35 heavy (non-hydrogen) atoms. The largest absolute Gasteiger partial charge is 0.476 e. The molecule has 1 fully saturated rings. The van der Waals surface area contributed by atoms with Crippen molar-refractivity contribution in [1.82, 2.24) is 0 Å². The molecule has 3 aromatic rings. The summed E-state index contributed by atoms with van der Waals surface area (Å²) >= 11 is 5.93. The summed E-state index contributed by atoms with van der Waals surface area (Å²) in [6.07, 6.45) is -1.04. The number of hydrogen-bond donors (Lipinski definition) is 1. The van der Waals surface area contributed by atoms with Gasteiger partial charge >= 0.3 is 0 Å². The first-order valence-corrected chi connectivity index (χ1v) is 13.0. The molecular weight excluding hydrogens is 490 g/mol. The minimum absolute atomic E-state index is 0.0801. The Kier molecular flexibility index (Phi) is 6.55. The topological polar surface area (TPSA) is 88.2 Å². The smallest absolute Gasteiger partial charge is 0.267 e. The van der Waals surface area contributed by atoms with Crippen LogP contribution in [-0.2, 0) is 19.6 Å². The van der Waals surface area contributed by atoms with Crippen LogP contribution in [0.2, 0.25) is 5.02 Å². The summed E-state index contributed by atoms with van der Waals surface area (Å²) in [6.45, 7) is 2.85. The number of ether oxygens (including phenoxy) is 2. The highest BCUT2D eigenvalue weighted by molar-refractivity contribution is 7.92. The number of para-hydroxylation sites is 2. The Morgan fingerprint density at radius 1 is 0.943 bits per heavy atom. The first kappa shape index (κ1) is 23.5. The van der Waals surface area contributed by atoms with E-state index in [0.717, 1.165) is 18.8 Å². The lowest BCUT2D eigenvalue weighted by Gasteiger charge is -2.34. The van der Waals surface area contributed by atoms with Gasteiger partial charge in [-0.2, -0.15) is 0 Å². The van der Waals surface area contributed by atoms with E-state index in [0.29, 0.717) is 35.4 Å². The molecule has 1 saturated heterocycles. The number of rotatable bonds is 5. The molecule has 182 valence electrons. The molecule has 2 aliphatic heterocycles. The lowest BCUT2D eigenvalue weighted by atomic mass is 10.2. The van der Waals surface area contributed by atoms with E-state index in [-0.39, 0.29) is 11.4 Å². The highest BCUT2D eigenvalue weighted by Gasteiger charge is 2.37. The number of halogens is 1. The second kappa shape index (κ2) is 9.77. The summed E-state index contributed by atoms with van der Waals surface area (Å²) < 4.78 is 39.4. The fraction of sp³-hybridized carbons (Fsp3) is 0.240. The number of sulfonamides is 1. The van der Waals surface area contributed by atoms with Crippen LogP contribution in [0.25, 0.3) is 0 Å². The SMILES string of the molecule is O=C(Nc1ccc(N2CCOCC2)cc1)[C@@H]1CN(S(=O)(=O)c2ccc(Cl)cc2)c2ccccc2O1. The van der Waals surface area contributed by atoms with Crippen molar-refractivity contribution in [2.75, 3.05) is 47.4 Å². The van der Waals surface area contributed by atoms with E-state index in [1.165, 1.54) is 28.6 Å². The van der Waals surface area contributed by atoms with Gasteiger partial charge in [0.25, 0.3) is 15.9 Å². The van der Waals surface area contributed by atoms with Crippen molar-refractivity contribution in [3.63, 3.8) is 0 Å². The van der Waals surface area contributed by atoms with Gasteiger partial charge in [-0.1, -0.05) is 23.7 Å². The van der Waals surface area contributed by atoms with Gasteiger partial charge in [-0.15, -0.1) is 0 Å². The van der Waals surface area contributed by atoms with E-state index < -0.39 is 22.0 Å². The normalized spacial score (nSPS) is 17.9. The quantitative estimate of drug-likeness (QED) is 0.559. The van der Waals surface area contributed by atoms with Crippen molar-refractivity contribution < 1.29 is 22.7 Å². The van der Waals surface area contributed by atoms with Crippen LogP contribution >= 0.6 is 11.6 Å². The highest BCUT2D eigenvalue weighted by Crippen LogP contribution is 2.37. The average Bonchev–Trinajstić information content (AvgIpc) is 2.89. The molecule has 1 N–H and O–H groups in total. The average molecular weight is 514 g/mol. The fourth-order valence-electron chi connectivity index (χ4n) is 4.10. The Morgan fingerprint density at radius 2 is 1.63 bits per heavy atom. The summed E-state index contributed by atoms with van der Waals surface area (Å²) in [6, 6.07) is 20.2. The molecular formula is C25H24ClN3O5S. The van der Waals surface area contributed by atoms with Gasteiger partial charge < -0.3 is 19.7 Å². The molecule has 5 rings (SSSR count). The number of anilines is 3. The number of carbonyl (C=O) groups is 1. The minimum atomic E-state index is -3.95. The van der Waals surface area contributed by atoms with Crippen LogP contribution in [0.4, 0.5) is 17.1 Å². The molecule has 0 aromatic heterocycles. The first-order chi connectivity index (χ1) is 16.9. The Labute approximate surface area is 209 Å². The summed E-state index contributed by atoms with van der Waals surface area (Å²) in [5, 5.41) is 3.28. The van der Waals surface area contributed by atoms with Crippen molar-refractivity contribution >= 4 is 44.6 Å². The molecule has 1 amide bonds. The van der Waals surface area contributed by atoms with Crippen LogP contribution in [0.3, 0.4) is 0 Å². The Hall–Kier alpha value is -3.27. The monoisotopic (exact) mass is 513 g/mol. The fourth-order valence-corrected chi connectivity index (χ4v) is 5.70. The van der Waals surface area contributed by atoms with Crippen molar-refractivity contribution in [3.8, 4) is 5.75 Å². The van der Waals surface area contributed by atoms with Crippen LogP contribution < -0.4 is 19.3 Å². The number of nitrogens with zero attached hydrogens (tertiary/aromatic N) is 2. The van der Waals surface area contributed by atoms with Crippen molar-refractivity contribution in [2.45, 2.75) is 11.0 Å². The van der Waals surface area contributed by atoms with Gasteiger partial charge in [-0.05, 0) is 60.7 Å². The number of benzene rings is 3. The van der Waals surface area contributed by atoms with Gasteiger partial charge in [-0.25, -0.2) is 8.42 Å². The van der Waals surface area contributed by atoms with Gasteiger partial charge in [0, 0.05) is 29.5 Å². The first-order valence-electron chi connectivity index (χ1n) is 11.2. The van der Waals surface area contributed by atoms with Gasteiger partial charge in [0.05, 0.1) is 30.3 Å². The summed E-state index contributed by atoms with van der Waals surface area (Å²) in [4.78, 5) is 15.4. The molecule has 2 aliphatic rings. The molecule has 0 spiro atoms. The predicted molar refractivity (Wildman–Crippen MR) is 135 cm³/mol. The van der Waals surface area contributed by atoms with E-state index in [2.05, 4.69) is 10.2 Å². The third-order valence-electron chi connectivity index (χ3n) is 5.94. The van der Waals surface area contributed by atoms with E-state index in [9.17, 15) is 13.2 Å².